The van der Waals surface area contributed by atoms with Gasteiger partial charge in [0.1, 0.15) is 0 Å². The Balaban J connectivity index is 1.81. The van der Waals surface area contributed by atoms with Crippen LogP contribution in [0.5, 0.6) is 0 Å². The molecular formula is C18H26N2O4S. The Labute approximate surface area is 149 Å². The second-order valence-corrected chi connectivity index (χ2v) is 9.16. The normalized spacial score (nSPS) is 24.5. The van der Waals surface area contributed by atoms with Crippen molar-refractivity contribution in [3.8, 4) is 0 Å². The Morgan fingerprint density at radius 3 is 2.48 bits per heavy atom. The van der Waals surface area contributed by atoms with E-state index in [9.17, 15) is 13.2 Å². The number of nitrogens with two attached hydrogens (primary N) is 1. The molecule has 1 aliphatic carbocycles. The van der Waals surface area contributed by atoms with Gasteiger partial charge in [0.25, 0.3) is 0 Å². The van der Waals surface area contributed by atoms with Crippen molar-refractivity contribution in [3.63, 3.8) is 0 Å². The average molecular weight is 366 g/mol. The Kier molecular flexibility index (Phi) is 4.92. The predicted octanol–water partition coefficient (Wildman–Crippen LogP) is 1.64. The van der Waals surface area contributed by atoms with E-state index in [0.717, 1.165) is 31.2 Å². The van der Waals surface area contributed by atoms with E-state index < -0.39 is 15.4 Å². The Morgan fingerprint density at radius 1 is 1.32 bits per heavy atom. The van der Waals surface area contributed by atoms with Crippen LogP contribution < -0.4 is 5.73 Å². The number of carbonyl (C=O) groups is 1. The van der Waals surface area contributed by atoms with Crippen LogP contribution in [-0.2, 0) is 25.0 Å². The Hall–Kier alpha value is -1.44. The minimum atomic E-state index is -3.53. The Bertz CT molecular complexity index is 739. The van der Waals surface area contributed by atoms with Gasteiger partial charge < -0.3 is 10.5 Å². The number of sulfonamides is 1. The minimum Gasteiger partial charge on any atom is -0.468 e. The summed E-state index contributed by atoms with van der Waals surface area (Å²) in [5, 5.41) is 0. The fraction of sp³-hybridized carbons (Fsp3) is 0.611. The van der Waals surface area contributed by atoms with Gasteiger partial charge in [0.2, 0.25) is 10.0 Å². The topological polar surface area (TPSA) is 89.7 Å². The molecule has 1 aromatic rings. The van der Waals surface area contributed by atoms with Gasteiger partial charge >= 0.3 is 5.97 Å². The number of nitrogens with zero attached hydrogens (tertiary/aromatic N) is 1. The summed E-state index contributed by atoms with van der Waals surface area (Å²) in [6.45, 7) is 2.92. The molecule has 0 bridgehead atoms. The summed E-state index contributed by atoms with van der Waals surface area (Å²) in [5.74, 6) is -0.0595. The number of benzene rings is 1. The maximum atomic E-state index is 12.9. The number of rotatable bonds is 5. The first kappa shape index (κ1) is 18.4. The molecule has 2 atom stereocenters. The molecule has 2 N–H and O–H groups in total. The number of hydrogen-bond acceptors (Lipinski definition) is 5. The van der Waals surface area contributed by atoms with Crippen LogP contribution in [-0.4, -0.2) is 44.9 Å². The van der Waals surface area contributed by atoms with E-state index in [1.165, 1.54) is 11.4 Å². The van der Waals surface area contributed by atoms with Crippen LogP contribution in [0.25, 0.3) is 0 Å². The number of esters is 1. The van der Waals surface area contributed by atoms with E-state index in [4.69, 9.17) is 10.5 Å². The zero-order chi connectivity index (χ0) is 18.2. The van der Waals surface area contributed by atoms with E-state index >= 15 is 0 Å². The van der Waals surface area contributed by atoms with Gasteiger partial charge in [-0.2, -0.15) is 4.31 Å². The molecule has 3 rings (SSSR count). The molecule has 0 spiro atoms. The summed E-state index contributed by atoms with van der Waals surface area (Å²) in [7, 11) is -2.15. The first-order valence-electron chi connectivity index (χ1n) is 8.76. The third-order valence-corrected chi connectivity index (χ3v) is 7.41. The predicted molar refractivity (Wildman–Crippen MR) is 94.5 cm³/mol. The van der Waals surface area contributed by atoms with Gasteiger partial charge in [-0.15, -0.1) is 0 Å². The van der Waals surface area contributed by atoms with Crippen LogP contribution in [0.15, 0.2) is 29.2 Å². The number of piperidine rings is 1. The molecule has 0 aromatic heterocycles. The lowest BCUT2D eigenvalue weighted by molar-refractivity contribution is -0.143. The second-order valence-electron chi connectivity index (χ2n) is 7.22. The summed E-state index contributed by atoms with van der Waals surface area (Å²) < 4.78 is 32.2. The highest BCUT2D eigenvalue weighted by atomic mass is 32.2. The molecule has 1 saturated heterocycles. The third kappa shape index (κ3) is 3.32. The van der Waals surface area contributed by atoms with Crippen molar-refractivity contribution in [1.82, 2.24) is 4.31 Å². The van der Waals surface area contributed by atoms with Gasteiger partial charge in [-0.1, -0.05) is 12.1 Å². The molecule has 2 aliphatic rings. The summed E-state index contributed by atoms with van der Waals surface area (Å²) in [5.41, 5.74) is 6.21. The van der Waals surface area contributed by atoms with Crippen LogP contribution in [0.3, 0.4) is 0 Å². The van der Waals surface area contributed by atoms with Crippen LogP contribution in [0, 0.1) is 5.92 Å². The van der Waals surface area contributed by atoms with E-state index in [-0.39, 0.29) is 22.8 Å². The highest BCUT2D eigenvalue weighted by Gasteiger charge is 2.52. The number of carbonyl (C=O) groups excluding carboxylic acids is 1. The fourth-order valence-corrected chi connectivity index (χ4v) is 5.18. The lowest BCUT2D eigenvalue weighted by atomic mass is 9.93. The molecule has 1 saturated carbocycles. The van der Waals surface area contributed by atoms with Gasteiger partial charge in [-0.05, 0) is 56.2 Å². The van der Waals surface area contributed by atoms with Crippen LogP contribution in [0.2, 0.25) is 0 Å². The van der Waals surface area contributed by atoms with Crippen molar-refractivity contribution < 1.29 is 17.9 Å². The standard InChI is InChI=1S/C18H26N2O4S/c1-13(19)14-4-3-11-20(12-14)25(22,23)16-7-5-15(6-8-16)18(9-10-18)17(21)24-2/h5-8,13-14H,3-4,9-12,19H2,1-2H3. The molecule has 138 valence electrons. The van der Waals surface area contributed by atoms with Gasteiger partial charge in [0.15, 0.2) is 0 Å². The van der Waals surface area contributed by atoms with Crippen molar-refractivity contribution in [1.29, 1.82) is 0 Å². The summed E-state index contributed by atoms with van der Waals surface area (Å²) in [4.78, 5) is 12.2. The monoisotopic (exact) mass is 366 g/mol. The molecule has 1 aromatic carbocycles. The smallest absolute Gasteiger partial charge is 0.316 e. The van der Waals surface area contributed by atoms with Crippen LogP contribution in [0.1, 0.15) is 38.2 Å². The number of ether oxygens (including phenoxy) is 1. The average Bonchev–Trinajstić information content (AvgIpc) is 3.43. The minimum absolute atomic E-state index is 0.0184. The molecule has 1 aliphatic heterocycles. The lowest BCUT2D eigenvalue weighted by Gasteiger charge is -2.33. The van der Waals surface area contributed by atoms with E-state index in [2.05, 4.69) is 0 Å². The molecule has 1 heterocycles. The zero-order valence-electron chi connectivity index (χ0n) is 14.8. The van der Waals surface area contributed by atoms with Crippen molar-refractivity contribution in [2.45, 2.75) is 49.0 Å². The van der Waals surface area contributed by atoms with E-state index in [1.807, 2.05) is 6.92 Å². The number of methoxy groups -OCH3 is 1. The van der Waals surface area contributed by atoms with Crippen molar-refractivity contribution in [2.24, 2.45) is 11.7 Å². The van der Waals surface area contributed by atoms with Crippen molar-refractivity contribution in [3.05, 3.63) is 29.8 Å². The van der Waals surface area contributed by atoms with Gasteiger partial charge in [-0.3, -0.25) is 4.79 Å². The largest absolute Gasteiger partial charge is 0.468 e. The van der Waals surface area contributed by atoms with E-state index in [0.29, 0.717) is 13.1 Å². The molecule has 7 heteroatoms. The molecule has 25 heavy (non-hydrogen) atoms. The molecule has 0 radical (unpaired) electrons. The second kappa shape index (κ2) is 6.70. The molecule has 0 amide bonds. The molecular weight excluding hydrogens is 340 g/mol. The van der Waals surface area contributed by atoms with Crippen LogP contribution in [0.4, 0.5) is 0 Å². The highest BCUT2D eigenvalue weighted by molar-refractivity contribution is 7.89. The maximum Gasteiger partial charge on any atom is 0.316 e. The zero-order valence-corrected chi connectivity index (χ0v) is 15.6. The Morgan fingerprint density at radius 2 is 1.96 bits per heavy atom. The molecule has 6 nitrogen and oxygen atoms in total. The summed E-state index contributed by atoms with van der Waals surface area (Å²) >= 11 is 0. The lowest BCUT2D eigenvalue weighted by Crippen LogP contribution is -2.44. The quantitative estimate of drug-likeness (QED) is 0.800. The maximum absolute atomic E-state index is 12.9. The third-order valence-electron chi connectivity index (χ3n) is 5.53. The van der Waals surface area contributed by atoms with Gasteiger partial charge in [-0.25, -0.2) is 8.42 Å². The van der Waals surface area contributed by atoms with E-state index in [1.54, 1.807) is 24.3 Å². The SMILES string of the molecule is COC(=O)C1(c2ccc(S(=O)(=O)N3CCCC(C(C)N)C3)cc2)CC1. The van der Waals surface area contributed by atoms with Crippen LogP contribution >= 0.6 is 0 Å². The van der Waals surface area contributed by atoms with Gasteiger partial charge in [0.05, 0.1) is 17.4 Å². The summed E-state index contributed by atoms with van der Waals surface area (Å²) in [6, 6.07) is 6.66. The molecule has 2 unspecified atom stereocenters. The van der Waals surface area contributed by atoms with Gasteiger partial charge in [0, 0.05) is 19.1 Å². The summed E-state index contributed by atoms with van der Waals surface area (Å²) in [6.07, 6.45) is 3.28. The first-order chi connectivity index (χ1) is 11.8. The highest BCUT2D eigenvalue weighted by Crippen LogP contribution is 2.49. The molecule has 2 fully saturated rings. The first-order valence-corrected chi connectivity index (χ1v) is 10.2. The number of hydrogen-bond donors (Lipinski definition) is 1. The van der Waals surface area contributed by atoms with Crippen molar-refractivity contribution >= 4 is 16.0 Å². The fourth-order valence-electron chi connectivity index (χ4n) is 3.65. The van der Waals surface area contributed by atoms with Crippen molar-refractivity contribution in [2.75, 3.05) is 20.2 Å².